The Morgan fingerprint density at radius 2 is 2.17 bits per heavy atom. The first kappa shape index (κ1) is 14.9. The number of carboxylic acid groups (broad SMARTS) is 1. The standard InChI is InChI=1S/C11H12BrNO4S/c1-2-3-6-13-18(16,17)8-4-5-10(12)9(7-8)11(14)15/h2,4-5,7,13H,1,3,6H2,(H,14,15). The van der Waals surface area contributed by atoms with E-state index in [1.807, 2.05) is 0 Å². The van der Waals surface area contributed by atoms with Crippen LogP contribution < -0.4 is 4.72 Å². The SMILES string of the molecule is C=CCCNS(=O)(=O)c1ccc(Br)c(C(=O)O)c1. The van der Waals surface area contributed by atoms with Crippen LogP contribution in [0.5, 0.6) is 0 Å². The highest BCUT2D eigenvalue weighted by atomic mass is 79.9. The van der Waals surface area contributed by atoms with Crippen LogP contribution in [-0.4, -0.2) is 26.0 Å². The Morgan fingerprint density at radius 3 is 2.72 bits per heavy atom. The summed E-state index contributed by atoms with van der Waals surface area (Å²) in [5.74, 6) is -1.19. The number of carboxylic acids is 1. The van der Waals surface area contributed by atoms with E-state index >= 15 is 0 Å². The number of nitrogens with one attached hydrogen (secondary N) is 1. The van der Waals surface area contributed by atoms with Gasteiger partial charge in [-0.2, -0.15) is 0 Å². The number of rotatable bonds is 6. The summed E-state index contributed by atoms with van der Waals surface area (Å²) >= 11 is 3.05. The predicted octanol–water partition coefficient (Wildman–Crippen LogP) is 2.00. The second-order valence-corrected chi connectivity index (χ2v) is 6.04. The van der Waals surface area contributed by atoms with E-state index in [1.165, 1.54) is 12.1 Å². The molecule has 0 aliphatic rings. The van der Waals surface area contributed by atoms with E-state index < -0.39 is 16.0 Å². The van der Waals surface area contributed by atoms with E-state index in [-0.39, 0.29) is 17.0 Å². The van der Waals surface area contributed by atoms with E-state index in [9.17, 15) is 13.2 Å². The number of hydrogen-bond donors (Lipinski definition) is 2. The molecule has 0 heterocycles. The van der Waals surface area contributed by atoms with Gasteiger partial charge in [-0.1, -0.05) is 6.08 Å². The average Bonchev–Trinajstić information content (AvgIpc) is 2.29. The van der Waals surface area contributed by atoms with Crippen LogP contribution in [0.4, 0.5) is 0 Å². The molecule has 5 nitrogen and oxygen atoms in total. The first-order valence-corrected chi connectivity index (χ1v) is 7.29. The summed E-state index contributed by atoms with van der Waals surface area (Å²) in [7, 11) is -3.69. The number of sulfonamides is 1. The third-order valence-corrected chi connectivity index (χ3v) is 4.27. The molecule has 0 saturated carbocycles. The Labute approximate surface area is 114 Å². The minimum Gasteiger partial charge on any atom is -0.478 e. The molecule has 0 fully saturated rings. The van der Waals surface area contributed by atoms with Crippen LogP contribution in [0, 0.1) is 0 Å². The molecule has 0 radical (unpaired) electrons. The maximum absolute atomic E-state index is 11.8. The molecule has 0 spiro atoms. The van der Waals surface area contributed by atoms with Gasteiger partial charge in [-0.25, -0.2) is 17.9 Å². The summed E-state index contributed by atoms with van der Waals surface area (Å²) in [6.07, 6.45) is 2.09. The largest absolute Gasteiger partial charge is 0.478 e. The molecular formula is C11H12BrNO4S. The van der Waals surface area contributed by atoms with Crippen molar-refractivity contribution < 1.29 is 18.3 Å². The second kappa shape index (κ2) is 6.12. The molecule has 0 amide bonds. The summed E-state index contributed by atoms with van der Waals surface area (Å²) < 4.78 is 26.4. The topological polar surface area (TPSA) is 83.5 Å². The molecule has 1 aromatic carbocycles. The van der Waals surface area contributed by atoms with Crippen molar-refractivity contribution in [2.45, 2.75) is 11.3 Å². The Kier molecular flexibility index (Phi) is 5.06. The summed E-state index contributed by atoms with van der Waals surface area (Å²) in [5, 5.41) is 8.91. The predicted molar refractivity (Wildman–Crippen MR) is 71.1 cm³/mol. The van der Waals surface area contributed by atoms with Gasteiger partial charge in [-0.05, 0) is 40.5 Å². The number of carbonyl (C=O) groups is 1. The van der Waals surface area contributed by atoms with E-state index in [1.54, 1.807) is 6.08 Å². The lowest BCUT2D eigenvalue weighted by atomic mass is 10.2. The highest BCUT2D eigenvalue weighted by Crippen LogP contribution is 2.20. The van der Waals surface area contributed by atoms with Crippen molar-refractivity contribution in [1.82, 2.24) is 4.72 Å². The number of benzene rings is 1. The van der Waals surface area contributed by atoms with Crippen LogP contribution in [0.2, 0.25) is 0 Å². The lowest BCUT2D eigenvalue weighted by Crippen LogP contribution is -2.24. The number of halogens is 1. The zero-order chi connectivity index (χ0) is 13.8. The first-order chi connectivity index (χ1) is 8.38. The Hall–Kier alpha value is -1.18. The molecule has 0 unspecified atom stereocenters. The maximum atomic E-state index is 11.8. The summed E-state index contributed by atoms with van der Waals surface area (Å²) in [5.41, 5.74) is -0.0957. The van der Waals surface area contributed by atoms with Gasteiger partial charge in [0.25, 0.3) is 0 Å². The molecule has 2 N–H and O–H groups in total. The van der Waals surface area contributed by atoms with Crippen LogP contribution in [0.25, 0.3) is 0 Å². The van der Waals surface area contributed by atoms with Crippen LogP contribution >= 0.6 is 15.9 Å². The quantitative estimate of drug-likeness (QED) is 0.616. The van der Waals surface area contributed by atoms with Gasteiger partial charge in [-0.15, -0.1) is 6.58 Å². The molecule has 0 aromatic heterocycles. The smallest absolute Gasteiger partial charge is 0.336 e. The van der Waals surface area contributed by atoms with E-state index in [4.69, 9.17) is 5.11 Å². The van der Waals surface area contributed by atoms with Crippen molar-refractivity contribution in [3.63, 3.8) is 0 Å². The lowest BCUT2D eigenvalue weighted by Gasteiger charge is -2.07. The molecule has 0 saturated heterocycles. The van der Waals surface area contributed by atoms with Gasteiger partial charge in [0.15, 0.2) is 0 Å². The Morgan fingerprint density at radius 1 is 1.50 bits per heavy atom. The molecule has 1 aromatic rings. The molecule has 0 bridgehead atoms. The van der Waals surface area contributed by atoms with E-state index in [2.05, 4.69) is 27.2 Å². The van der Waals surface area contributed by atoms with Gasteiger partial charge in [0, 0.05) is 11.0 Å². The van der Waals surface area contributed by atoms with Crippen LogP contribution in [0.1, 0.15) is 16.8 Å². The van der Waals surface area contributed by atoms with E-state index in [0.717, 1.165) is 6.07 Å². The fraction of sp³-hybridized carbons (Fsp3) is 0.182. The molecule has 0 atom stereocenters. The van der Waals surface area contributed by atoms with Crippen molar-refractivity contribution in [3.8, 4) is 0 Å². The minimum atomic E-state index is -3.69. The molecule has 7 heteroatoms. The zero-order valence-electron chi connectivity index (χ0n) is 9.39. The van der Waals surface area contributed by atoms with Gasteiger partial charge in [-0.3, -0.25) is 0 Å². The fourth-order valence-corrected chi connectivity index (χ4v) is 2.70. The molecular weight excluding hydrogens is 322 g/mol. The van der Waals surface area contributed by atoms with Crippen molar-refractivity contribution in [2.24, 2.45) is 0 Å². The molecule has 1 rings (SSSR count). The fourth-order valence-electron chi connectivity index (χ4n) is 1.21. The van der Waals surface area contributed by atoms with Crippen LogP contribution in [0.3, 0.4) is 0 Å². The summed E-state index contributed by atoms with van der Waals surface area (Å²) in [6.45, 7) is 3.71. The summed E-state index contributed by atoms with van der Waals surface area (Å²) in [6, 6.07) is 3.85. The highest BCUT2D eigenvalue weighted by molar-refractivity contribution is 9.10. The molecule has 18 heavy (non-hydrogen) atoms. The van der Waals surface area contributed by atoms with Gasteiger partial charge in [0.05, 0.1) is 10.5 Å². The number of aromatic carboxylic acids is 1. The zero-order valence-corrected chi connectivity index (χ0v) is 11.8. The summed E-state index contributed by atoms with van der Waals surface area (Å²) in [4.78, 5) is 10.8. The van der Waals surface area contributed by atoms with Crippen molar-refractivity contribution in [3.05, 3.63) is 40.9 Å². The van der Waals surface area contributed by atoms with Crippen molar-refractivity contribution >= 4 is 31.9 Å². The van der Waals surface area contributed by atoms with Crippen LogP contribution in [0.15, 0.2) is 40.2 Å². The Balaban J connectivity index is 3.06. The monoisotopic (exact) mass is 333 g/mol. The second-order valence-electron chi connectivity index (χ2n) is 3.42. The van der Waals surface area contributed by atoms with Gasteiger partial charge in [0.2, 0.25) is 10.0 Å². The molecule has 0 aliphatic carbocycles. The molecule has 98 valence electrons. The molecule has 0 aliphatic heterocycles. The minimum absolute atomic E-state index is 0.0767. The third-order valence-electron chi connectivity index (χ3n) is 2.12. The van der Waals surface area contributed by atoms with Crippen molar-refractivity contribution in [1.29, 1.82) is 0 Å². The van der Waals surface area contributed by atoms with Gasteiger partial charge in [0.1, 0.15) is 0 Å². The maximum Gasteiger partial charge on any atom is 0.336 e. The third kappa shape index (κ3) is 3.66. The van der Waals surface area contributed by atoms with Gasteiger partial charge >= 0.3 is 5.97 Å². The lowest BCUT2D eigenvalue weighted by molar-refractivity contribution is 0.0695. The highest BCUT2D eigenvalue weighted by Gasteiger charge is 2.17. The van der Waals surface area contributed by atoms with Crippen molar-refractivity contribution in [2.75, 3.05) is 6.54 Å². The van der Waals surface area contributed by atoms with E-state index in [0.29, 0.717) is 10.9 Å². The normalized spacial score (nSPS) is 11.2. The number of hydrogen-bond acceptors (Lipinski definition) is 3. The first-order valence-electron chi connectivity index (χ1n) is 5.02. The Bertz CT molecular complexity index is 568. The average molecular weight is 334 g/mol. The van der Waals surface area contributed by atoms with Crippen LogP contribution in [-0.2, 0) is 10.0 Å². The van der Waals surface area contributed by atoms with Gasteiger partial charge < -0.3 is 5.11 Å².